The molecule has 2 aliphatic rings. The fourth-order valence-corrected chi connectivity index (χ4v) is 2.68. The highest BCUT2D eigenvalue weighted by molar-refractivity contribution is 5.37. The van der Waals surface area contributed by atoms with Crippen molar-refractivity contribution in [1.29, 1.82) is 0 Å². The summed E-state index contributed by atoms with van der Waals surface area (Å²) >= 11 is 0. The molecule has 0 radical (unpaired) electrons. The van der Waals surface area contributed by atoms with Crippen molar-refractivity contribution in [3.8, 4) is 5.75 Å². The molecule has 0 aromatic heterocycles. The van der Waals surface area contributed by atoms with Gasteiger partial charge >= 0.3 is 0 Å². The molecule has 2 heteroatoms. The molecule has 3 atom stereocenters. The molecule has 1 aromatic rings. The van der Waals surface area contributed by atoms with Gasteiger partial charge in [0.05, 0.1) is 6.61 Å². The largest absolute Gasteiger partial charge is 0.493 e. The Morgan fingerprint density at radius 1 is 1.38 bits per heavy atom. The quantitative estimate of drug-likeness (QED) is 0.840. The van der Waals surface area contributed by atoms with Crippen LogP contribution in [0, 0.1) is 5.92 Å². The van der Waals surface area contributed by atoms with Crippen molar-refractivity contribution in [2.45, 2.75) is 38.3 Å². The molecule has 1 aliphatic carbocycles. The number of nitrogens with one attached hydrogen (secondary N) is 1. The minimum absolute atomic E-state index is 0.506. The standard InChI is InChI=1S/C14H19NO/c1-2-10-9-13(10)15-12-7-8-16-14-6-4-3-5-11(12)14/h3-6,10,12-13,15H,2,7-9H2,1H3. The minimum Gasteiger partial charge on any atom is -0.493 e. The van der Waals surface area contributed by atoms with Gasteiger partial charge in [0, 0.05) is 24.1 Å². The lowest BCUT2D eigenvalue weighted by atomic mass is 10.0. The van der Waals surface area contributed by atoms with Crippen LogP contribution < -0.4 is 10.1 Å². The highest BCUT2D eigenvalue weighted by atomic mass is 16.5. The Morgan fingerprint density at radius 2 is 2.25 bits per heavy atom. The highest BCUT2D eigenvalue weighted by Crippen LogP contribution is 2.38. The normalized spacial score (nSPS) is 31.7. The van der Waals surface area contributed by atoms with Gasteiger partial charge in [0.1, 0.15) is 5.75 Å². The Kier molecular flexibility index (Phi) is 2.60. The van der Waals surface area contributed by atoms with Gasteiger partial charge in [0.25, 0.3) is 0 Å². The monoisotopic (exact) mass is 217 g/mol. The Labute approximate surface area is 97.0 Å². The molecule has 0 amide bonds. The van der Waals surface area contributed by atoms with Crippen molar-refractivity contribution < 1.29 is 4.74 Å². The minimum atomic E-state index is 0.506. The zero-order chi connectivity index (χ0) is 11.0. The molecule has 1 N–H and O–H groups in total. The van der Waals surface area contributed by atoms with E-state index in [9.17, 15) is 0 Å². The summed E-state index contributed by atoms with van der Waals surface area (Å²) in [4.78, 5) is 0. The van der Waals surface area contributed by atoms with E-state index in [0.717, 1.165) is 30.7 Å². The van der Waals surface area contributed by atoms with Gasteiger partial charge < -0.3 is 10.1 Å². The van der Waals surface area contributed by atoms with Crippen molar-refractivity contribution >= 4 is 0 Å². The predicted molar refractivity (Wildman–Crippen MR) is 64.6 cm³/mol. The summed E-state index contributed by atoms with van der Waals surface area (Å²) in [5, 5.41) is 3.77. The zero-order valence-corrected chi connectivity index (χ0v) is 9.78. The van der Waals surface area contributed by atoms with Gasteiger partial charge in [-0.05, 0) is 18.4 Å². The third kappa shape index (κ3) is 1.82. The van der Waals surface area contributed by atoms with Crippen molar-refractivity contribution in [2.24, 2.45) is 5.92 Å². The van der Waals surface area contributed by atoms with E-state index in [2.05, 4.69) is 30.4 Å². The van der Waals surface area contributed by atoms with Crippen LogP contribution in [0.25, 0.3) is 0 Å². The van der Waals surface area contributed by atoms with E-state index in [1.807, 2.05) is 6.07 Å². The molecule has 3 unspecified atom stereocenters. The van der Waals surface area contributed by atoms with Crippen molar-refractivity contribution in [1.82, 2.24) is 5.32 Å². The van der Waals surface area contributed by atoms with Crippen LogP contribution in [0.4, 0.5) is 0 Å². The van der Waals surface area contributed by atoms with E-state index >= 15 is 0 Å². The summed E-state index contributed by atoms with van der Waals surface area (Å²) < 4.78 is 5.67. The second kappa shape index (κ2) is 4.10. The molecule has 1 aromatic carbocycles. The summed E-state index contributed by atoms with van der Waals surface area (Å²) in [7, 11) is 0. The highest BCUT2D eigenvalue weighted by Gasteiger charge is 2.37. The van der Waals surface area contributed by atoms with Crippen molar-refractivity contribution in [3.63, 3.8) is 0 Å². The molecule has 0 saturated heterocycles. The summed E-state index contributed by atoms with van der Waals surface area (Å²) in [5.41, 5.74) is 1.34. The third-order valence-corrected chi connectivity index (χ3v) is 3.82. The Hall–Kier alpha value is -1.02. The first-order valence-electron chi connectivity index (χ1n) is 6.36. The topological polar surface area (TPSA) is 21.3 Å². The number of benzene rings is 1. The SMILES string of the molecule is CCC1CC1NC1CCOc2ccccc21. The zero-order valence-electron chi connectivity index (χ0n) is 9.78. The summed E-state index contributed by atoms with van der Waals surface area (Å²) in [5.74, 6) is 1.98. The van der Waals surface area contributed by atoms with E-state index < -0.39 is 0 Å². The maximum Gasteiger partial charge on any atom is 0.124 e. The van der Waals surface area contributed by atoms with E-state index in [1.54, 1.807) is 0 Å². The molecule has 0 bridgehead atoms. The van der Waals surface area contributed by atoms with E-state index in [0.29, 0.717) is 6.04 Å². The van der Waals surface area contributed by atoms with Crippen LogP contribution in [0.5, 0.6) is 5.75 Å². The van der Waals surface area contributed by atoms with E-state index in [1.165, 1.54) is 18.4 Å². The lowest BCUT2D eigenvalue weighted by Gasteiger charge is -2.27. The van der Waals surface area contributed by atoms with Crippen molar-refractivity contribution in [2.75, 3.05) is 6.61 Å². The smallest absolute Gasteiger partial charge is 0.124 e. The van der Waals surface area contributed by atoms with Crippen LogP contribution in [0.1, 0.15) is 37.8 Å². The summed E-state index contributed by atoms with van der Waals surface area (Å²) in [6, 6.07) is 9.68. The molecule has 1 heterocycles. The first kappa shape index (κ1) is 10.2. The van der Waals surface area contributed by atoms with Crippen LogP contribution in [0.15, 0.2) is 24.3 Å². The van der Waals surface area contributed by atoms with Crippen LogP contribution in [0.2, 0.25) is 0 Å². The Morgan fingerprint density at radius 3 is 3.06 bits per heavy atom. The molecular formula is C14H19NO. The van der Waals surface area contributed by atoms with Gasteiger partial charge in [0.15, 0.2) is 0 Å². The first-order valence-corrected chi connectivity index (χ1v) is 6.36. The molecule has 86 valence electrons. The van der Waals surface area contributed by atoms with Crippen LogP contribution in [0.3, 0.4) is 0 Å². The Bertz CT molecular complexity index is 377. The van der Waals surface area contributed by atoms with Gasteiger partial charge in [0.2, 0.25) is 0 Å². The first-order chi connectivity index (χ1) is 7.88. The van der Waals surface area contributed by atoms with E-state index in [4.69, 9.17) is 4.74 Å². The Balaban J connectivity index is 1.73. The molecule has 1 saturated carbocycles. The second-order valence-electron chi connectivity index (χ2n) is 4.90. The molecule has 16 heavy (non-hydrogen) atoms. The number of hydrogen-bond donors (Lipinski definition) is 1. The number of ether oxygens (including phenoxy) is 1. The van der Waals surface area contributed by atoms with Crippen LogP contribution >= 0.6 is 0 Å². The summed E-state index contributed by atoms with van der Waals surface area (Å²) in [6.45, 7) is 3.13. The number of para-hydroxylation sites is 1. The van der Waals surface area contributed by atoms with Gasteiger partial charge in [-0.25, -0.2) is 0 Å². The van der Waals surface area contributed by atoms with Gasteiger partial charge in [-0.2, -0.15) is 0 Å². The van der Waals surface area contributed by atoms with Gasteiger partial charge in [-0.1, -0.05) is 31.5 Å². The summed E-state index contributed by atoms with van der Waals surface area (Å²) in [6.07, 6.45) is 3.77. The van der Waals surface area contributed by atoms with Crippen molar-refractivity contribution in [3.05, 3.63) is 29.8 Å². The molecule has 0 spiro atoms. The maximum atomic E-state index is 5.67. The average Bonchev–Trinajstić information content (AvgIpc) is 3.08. The van der Waals surface area contributed by atoms with Gasteiger partial charge in [-0.3, -0.25) is 0 Å². The number of hydrogen-bond acceptors (Lipinski definition) is 2. The fraction of sp³-hybridized carbons (Fsp3) is 0.571. The van der Waals surface area contributed by atoms with E-state index in [-0.39, 0.29) is 0 Å². The average molecular weight is 217 g/mol. The van der Waals surface area contributed by atoms with Crippen LogP contribution in [-0.2, 0) is 0 Å². The number of rotatable bonds is 3. The van der Waals surface area contributed by atoms with Crippen LogP contribution in [-0.4, -0.2) is 12.6 Å². The molecule has 1 fully saturated rings. The molecule has 2 nitrogen and oxygen atoms in total. The third-order valence-electron chi connectivity index (χ3n) is 3.82. The molecule has 1 aliphatic heterocycles. The second-order valence-corrected chi connectivity index (χ2v) is 4.90. The lowest BCUT2D eigenvalue weighted by molar-refractivity contribution is 0.251. The van der Waals surface area contributed by atoms with Gasteiger partial charge in [-0.15, -0.1) is 0 Å². The molecule has 3 rings (SSSR count). The molecular weight excluding hydrogens is 198 g/mol. The lowest BCUT2D eigenvalue weighted by Crippen LogP contribution is -2.29. The maximum absolute atomic E-state index is 5.67. The number of fused-ring (bicyclic) bond motifs is 1. The predicted octanol–water partition coefficient (Wildman–Crippen LogP) is 2.90. The fourth-order valence-electron chi connectivity index (χ4n) is 2.68.